The predicted octanol–water partition coefficient (Wildman–Crippen LogP) is -0.424. The van der Waals surface area contributed by atoms with Gasteiger partial charge in [0.05, 0.1) is 6.54 Å². The number of hydrogen-bond acceptors (Lipinski definition) is 6. The van der Waals surface area contributed by atoms with Crippen LogP contribution in [0.3, 0.4) is 0 Å². The monoisotopic (exact) mass is 422 g/mol. The highest BCUT2D eigenvalue weighted by molar-refractivity contribution is 5.78. The summed E-state index contributed by atoms with van der Waals surface area (Å²) < 4.78 is 0. The van der Waals surface area contributed by atoms with E-state index in [1.165, 1.54) is 0 Å². The number of amides is 2. The average molecular weight is 422 g/mol. The Bertz CT molecular complexity index is 537. The van der Waals surface area contributed by atoms with Crippen LogP contribution in [0.25, 0.3) is 0 Å². The standard InChI is InChI=1S/C20H37N5O4/c1-23-11-13-24(14-12-23)15-17-5-4-10-25(17)16-19(27)22-8-2-6-18(26)21-9-3-7-20(28)29/h17H,2-16H2,1H3,(H,21,26)(H,22,27)(H,28,29)/i2+1,6+1,7+1,8+1,11+1,13+1,18+1,20+1,23+1,24+1,25+1. The van der Waals surface area contributed by atoms with Crippen LogP contribution in [-0.2, 0) is 14.4 Å². The van der Waals surface area contributed by atoms with Gasteiger partial charge in [0.2, 0.25) is 11.8 Å². The van der Waals surface area contributed by atoms with E-state index >= 15 is 0 Å². The minimum absolute atomic E-state index is 0.0251. The Morgan fingerprint density at radius 2 is 1.59 bits per heavy atom. The lowest BCUT2D eigenvalue weighted by Crippen LogP contribution is -2.50. The summed E-state index contributed by atoms with van der Waals surface area (Å²) in [5.74, 6) is -0.931. The van der Waals surface area contributed by atoms with Crippen molar-refractivity contribution in [3.63, 3.8) is 0 Å². The minimum atomic E-state index is -0.856. The van der Waals surface area contributed by atoms with E-state index in [2.05, 4.69) is 32.4 Å². The smallest absolute Gasteiger partial charge is 0.303 e. The third-order valence-corrected chi connectivity index (χ3v) is 5.70. The van der Waals surface area contributed by atoms with Crippen LogP contribution in [0, 0.1) is 0 Å². The molecule has 2 rings (SSSR count). The van der Waals surface area contributed by atoms with E-state index in [4.69, 9.17) is 5.11 Å². The van der Waals surface area contributed by atoms with Crippen LogP contribution in [0.5, 0.6) is 0 Å². The maximum atomic E-state index is 12.3. The molecular formula is C20H37N5O4. The zero-order chi connectivity index (χ0) is 21.1. The Balaban J connectivity index is 1.55. The fraction of sp³-hybridized carbons (Fsp3) is 0.850. The third-order valence-electron chi connectivity index (χ3n) is 5.70. The number of nitrogens with one attached hydrogen (secondary N) is 2. The van der Waals surface area contributed by atoms with Gasteiger partial charge in [0, 0.05) is 64.7 Å². The number of rotatable bonds is 12. The van der Waals surface area contributed by atoms with Gasteiger partial charge in [-0.3, -0.25) is 24.2 Å². The SMILES string of the molecule is C[15N]1CC[15N](CC2CCC[15N]2CC(=O)N[13CH2][13CH2][13CH2][13C](=O)NCC[13CH2][13C](=O)O)[13CH2][13CH2]1. The lowest BCUT2D eigenvalue weighted by Gasteiger charge is -2.36. The third kappa shape index (κ3) is 9.56. The number of piperazine rings is 1. The van der Waals surface area contributed by atoms with Crippen molar-refractivity contribution in [2.45, 2.75) is 44.6 Å². The van der Waals surface area contributed by atoms with Gasteiger partial charge in [-0.15, -0.1) is 0 Å². The normalized spacial score (nSPS) is 21.2. The summed E-state index contributed by atoms with van der Waals surface area (Å²) in [6.07, 6.45) is 3.71. The van der Waals surface area contributed by atoms with Crippen LogP contribution >= 0.6 is 0 Å². The van der Waals surface area contributed by atoms with Crippen molar-refractivity contribution in [2.24, 2.45) is 0 Å². The summed E-state index contributed by atoms with van der Waals surface area (Å²) in [5, 5.41) is 14.2. The Kier molecular flexibility index (Phi) is 10.4. The highest BCUT2D eigenvalue weighted by Gasteiger charge is 2.28. The first-order valence-electron chi connectivity index (χ1n) is 10.8. The molecule has 2 aliphatic rings. The first kappa shape index (κ1) is 23.6. The highest BCUT2D eigenvalue weighted by Crippen LogP contribution is 2.18. The van der Waals surface area contributed by atoms with Crippen LogP contribution < -0.4 is 10.6 Å². The molecule has 0 aromatic heterocycles. The number of likely N-dealkylation sites (tertiary alicyclic amines) is 1. The molecule has 0 spiro atoms. The van der Waals surface area contributed by atoms with E-state index in [1.807, 2.05) is 0 Å². The van der Waals surface area contributed by atoms with Crippen LogP contribution in [0.1, 0.15) is 38.5 Å². The molecule has 0 aromatic carbocycles. The van der Waals surface area contributed by atoms with Gasteiger partial charge >= 0.3 is 5.97 Å². The van der Waals surface area contributed by atoms with E-state index in [9.17, 15) is 14.4 Å². The van der Waals surface area contributed by atoms with Gasteiger partial charge < -0.3 is 20.6 Å². The van der Waals surface area contributed by atoms with Crippen molar-refractivity contribution in [3.8, 4) is 0 Å². The molecule has 2 heterocycles. The Morgan fingerprint density at radius 1 is 0.931 bits per heavy atom. The topological polar surface area (TPSA) is 105 Å². The molecule has 9 heteroatoms. The number of carboxylic acid groups (broad SMARTS) is 1. The van der Waals surface area contributed by atoms with E-state index in [0.717, 1.165) is 52.1 Å². The van der Waals surface area contributed by atoms with Crippen LogP contribution in [0.15, 0.2) is 0 Å². The Hall–Kier alpha value is -1.71. The Labute approximate surface area is 173 Å². The molecule has 2 amide bonds. The maximum Gasteiger partial charge on any atom is 0.303 e. The van der Waals surface area contributed by atoms with Crippen LogP contribution in [-0.4, -0.2) is 110 Å². The maximum absolute atomic E-state index is 12.3. The molecule has 2 aliphatic heterocycles. The molecule has 29 heavy (non-hydrogen) atoms. The van der Waals surface area contributed by atoms with E-state index in [0.29, 0.717) is 44.9 Å². The van der Waals surface area contributed by atoms with E-state index in [-0.39, 0.29) is 18.2 Å². The van der Waals surface area contributed by atoms with Crippen molar-refractivity contribution >= 4 is 17.8 Å². The molecule has 1 unspecified atom stereocenters. The summed E-state index contributed by atoms with van der Waals surface area (Å²) in [5.41, 5.74) is 0. The van der Waals surface area contributed by atoms with Crippen LogP contribution in [0.2, 0.25) is 0 Å². The van der Waals surface area contributed by atoms with E-state index < -0.39 is 5.97 Å². The first-order chi connectivity index (χ1) is 13.9. The predicted molar refractivity (Wildman–Crippen MR) is 111 cm³/mol. The fourth-order valence-electron chi connectivity index (χ4n) is 3.91. The van der Waals surface area contributed by atoms with Crippen molar-refractivity contribution in [1.82, 2.24) is 25.3 Å². The van der Waals surface area contributed by atoms with E-state index in [1.54, 1.807) is 0 Å². The van der Waals surface area contributed by atoms with Crippen molar-refractivity contribution in [3.05, 3.63) is 0 Å². The van der Waals surface area contributed by atoms with Crippen molar-refractivity contribution in [1.29, 1.82) is 0 Å². The number of carbonyl (C=O) groups is 3. The van der Waals surface area contributed by atoms with Gasteiger partial charge in [0.1, 0.15) is 0 Å². The highest BCUT2D eigenvalue weighted by atomic mass is 16.5. The number of aliphatic carboxylic acids is 1. The number of likely N-dealkylation sites (N-methyl/N-ethyl adjacent to an activating group) is 1. The molecule has 166 valence electrons. The number of hydrogen-bond donors (Lipinski definition) is 3. The Morgan fingerprint density at radius 3 is 2.28 bits per heavy atom. The summed E-state index contributed by atoms with van der Waals surface area (Å²) in [6.45, 7) is 7.74. The largest absolute Gasteiger partial charge is 0.481 e. The van der Waals surface area contributed by atoms with Gasteiger partial charge in [-0.2, -0.15) is 0 Å². The zero-order valence-corrected chi connectivity index (χ0v) is 17.7. The first-order valence-corrected chi connectivity index (χ1v) is 10.8. The number of nitrogens with zero attached hydrogens (tertiary/aromatic N) is 3. The molecule has 2 saturated heterocycles. The second-order valence-corrected chi connectivity index (χ2v) is 8.17. The van der Waals surface area contributed by atoms with Gasteiger partial charge in [-0.05, 0) is 39.3 Å². The molecule has 3 N–H and O–H groups in total. The molecule has 0 saturated carbocycles. The van der Waals surface area contributed by atoms with Gasteiger partial charge in [-0.25, -0.2) is 0 Å². The quantitative estimate of drug-likeness (QED) is 0.223. The second-order valence-electron chi connectivity index (χ2n) is 8.17. The molecule has 2 fully saturated rings. The summed E-state index contributed by atoms with van der Waals surface area (Å²) in [4.78, 5) is 41.5. The molecule has 0 bridgehead atoms. The van der Waals surface area contributed by atoms with Crippen molar-refractivity contribution in [2.75, 3.05) is 66.0 Å². The number of carboxylic acids is 1. The molecule has 0 aliphatic carbocycles. The van der Waals surface area contributed by atoms with Crippen LogP contribution in [0.4, 0.5) is 0 Å². The van der Waals surface area contributed by atoms with Gasteiger partial charge in [0.15, 0.2) is 0 Å². The summed E-state index contributed by atoms with van der Waals surface area (Å²) >= 11 is 0. The lowest BCUT2D eigenvalue weighted by molar-refractivity contribution is -0.137. The molecule has 0 radical (unpaired) electrons. The molecule has 9 nitrogen and oxygen atoms in total. The zero-order valence-electron chi connectivity index (χ0n) is 17.7. The fourth-order valence-corrected chi connectivity index (χ4v) is 3.91. The van der Waals surface area contributed by atoms with Crippen molar-refractivity contribution < 1.29 is 19.5 Å². The minimum Gasteiger partial charge on any atom is -0.481 e. The van der Waals surface area contributed by atoms with Gasteiger partial charge in [-0.1, -0.05) is 0 Å². The number of carbonyl (C=O) groups excluding carboxylic acids is 2. The molecule has 0 aromatic rings. The summed E-state index contributed by atoms with van der Waals surface area (Å²) in [6, 6.07) is 0.459. The second kappa shape index (κ2) is 12.8. The molecular weight excluding hydrogens is 385 g/mol. The summed E-state index contributed by atoms with van der Waals surface area (Å²) in [7, 11) is 2.16. The average Bonchev–Trinajstić information content (AvgIpc) is 3.10. The lowest BCUT2D eigenvalue weighted by atomic mass is 10.2. The molecule has 1 atom stereocenters. The van der Waals surface area contributed by atoms with Gasteiger partial charge in [0.25, 0.3) is 0 Å².